The second-order valence-electron chi connectivity index (χ2n) is 7.13. The zero-order valence-corrected chi connectivity index (χ0v) is 14.4. The zero-order valence-electron chi connectivity index (χ0n) is 14.4. The number of aliphatic hydroxyl groups excluding tert-OH is 1. The van der Waals surface area contributed by atoms with Crippen molar-refractivity contribution >= 4 is 5.91 Å². The van der Waals surface area contributed by atoms with E-state index in [0.717, 1.165) is 25.7 Å². The van der Waals surface area contributed by atoms with Crippen molar-refractivity contribution in [3.8, 4) is 0 Å². The Morgan fingerprint density at radius 2 is 1.90 bits per heavy atom. The summed E-state index contributed by atoms with van der Waals surface area (Å²) in [6.45, 7) is 11.2. The van der Waals surface area contributed by atoms with Gasteiger partial charge in [0.25, 0.3) is 0 Å². The van der Waals surface area contributed by atoms with Crippen LogP contribution in [0.25, 0.3) is 0 Å². The van der Waals surface area contributed by atoms with Gasteiger partial charge in [0, 0.05) is 24.5 Å². The molecule has 4 heteroatoms. The minimum atomic E-state index is -0.0888. The Labute approximate surface area is 130 Å². The van der Waals surface area contributed by atoms with Gasteiger partial charge >= 0.3 is 0 Å². The highest BCUT2D eigenvalue weighted by Crippen LogP contribution is 2.45. The third kappa shape index (κ3) is 3.78. The highest BCUT2D eigenvalue weighted by Gasteiger charge is 2.46. The van der Waals surface area contributed by atoms with Gasteiger partial charge in [-0.1, -0.05) is 34.6 Å². The summed E-state index contributed by atoms with van der Waals surface area (Å²) in [6, 6.07) is 0.412. The number of nitrogens with two attached hydrogens (primary N) is 1. The van der Waals surface area contributed by atoms with Crippen LogP contribution in [0, 0.1) is 17.3 Å². The fourth-order valence-electron chi connectivity index (χ4n) is 3.80. The van der Waals surface area contributed by atoms with Gasteiger partial charge in [-0.3, -0.25) is 4.79 Å². The van der Waals surface area contributed by atoms with Gasteiger partial charge in [-0.2, -0.15) is 0 Å². The Kier molecular flexibility index (Phi) is 6.67. The molecular formula is C17H34N2O2. The van der Waals surface area contributed by atoms with Crippen LogP contribution < -0.4 is 5.73 Å². The predicted octanol–water partition coefficient (Wildman–Crippen LogP) is 2.40. The first-order valence-corrected chi connectivity index (χ1v) is 8.48. The Bertz CT molecular complexity index is 340. The van der Waals surface area contributed by atoms with Crippen molar-refractivity contribution in [2.75, 3.05) is 13.2 Å². The van der Waals surface area contributed by atoms with Crippen molar-refractivity contribution < 1.29 is 9.90 Å². The molecule has 4 nitrogen and oxygen atoms in total. The van der Waals surface area contributed by atoms with Crippen molar-refractivity contribution in [3.63, 3.8) is 0 Å². The fraction of sp³-hybridized carbons (Fsp3) is 0.941. The van der Waals surface area contributed by atoms with E-state index in [2.05, 4.69) is 34.6 Å². The standard InChI is InChI=1S/C17H34N2O2/c1-6-13(7-2)19(10-11-20)16(21)14-8-9-15(18)12(3)17(14,4)5/h12-15,20H,6-11,18H2,1-5H3. The summed E-state index contributed by atoms with van der Waals surface area (Å²) < 4.78 is 0. The van der Waals surface area contributed by atoms with E-state index in [1.807, 2.05) is 4.90 Å². The maximum absolute atomic E-state index is 13.1. The molecule has 21 heavy (non-hydrogen) atoms. The zero-order chi connectivity index (χ0) is 16.2. The number of hydrogen-bond acceptors (Lipinski definition) is 3. The van der Waals surface area contributed by atoms with Gasteiger partial charge < -0.3 is 15.7 Å². The molecule has 0 aromatic heterocycles. The lowest BCUT2D eigenvalue weighted by molar-refractivity contribution is -0.146. The molecule has 0 aromatic carbocycles. The van der Waals surface area contributed by atoms with Crippen LogP contribution in [-0.2, 0) is 4.79 Å². The number of amides is 1. The quantitative estimate of drug-likeness (QED) is 0.791. The number of rotatable bonds is 6. The van der Waals surface area contributed by atoms with Gasteiger partial charge in [0.15, 0.2) is 0 Å². The maximum Gasteiger partial charge on any atom is 0.226 e. The first-order chi connectivity index (χ1) is 9.81. The molecule has 0 spiro atoms. The summed E-state index contributed by atoms with van der Waals surface area (Å²) in [5, 5.41) is 9.33. The SMILES string of the molecule is CCC(CC)N(CCO)C(=O)C1CCC(N)C(C)C1(C)C. The molecule has 1 aliphatic rings. The van der Waals surface area contributed by atoms with Gasteiger partial charge in [0.05, 0.1) is 6.61 Å². The number of aliphatic hydroxyl groups is 1. The molecule has 3 atom stereocenters. The largest absolute Gasteiger partial charge is 0.395 e. The summed E-state index contributed by atoms with van der Waals surface area (Å²) in [6.07, 6.45) is 3.64. The Balaban J connectivity index is 2.97. The molecule has 1 aliphatic carbocycles. The van der Waals surface area contributed by atoms with E-state index < -0.39 is 0 Å². The maximum atomic E-state index is 13.1. The van der Waals surface area contributed by atoms with E-state index in [1.54, 1.807) is 0 Å². The van der Waals surface area contributed by atoms with Crippen molar-refractivity contribution in [1.82, 2.24) is 4.90 Å². The van der Waals surface area contributed by atoms with E-state index in [1.165, 1.54) is 0 Å². The highest BCUT2D eigenvalue weighted by molar-refractivity contribution is 5.80. The number of hydrogen-bond donors (Lipinski definition) is 2. The van der Waals surface area contributed by atoms with E-state index in [9.17, 15) is 9.90 Å². The third-order valence-corrected chi connectivity index (χ3v) is 5.81. The minimum Gasteiger partial charge on any atom is -0.395 e. The molecule has 1 saturated carbocycles. The van der Waals surface area contributed by atoms with E-state index in [-0.39, 0.29) is 35.9 Å². The van der Waals surface area contributed by atoms with Crippen molar-refractivity contribution in [2.45, 2.75) is 72.4 Å². The van der Waals surface area contributed by atoms with E-state index in [0.29, 0.717) is 12.5 Å². The molecule has 0 saturated heterocycles. The molecular weight excluding hydrogens is 264 g/mol. The van der Waals surface area contributed by atoms with Gasteiger partial charge in [0.2, 0.25) is 5.91 Å². The van der Waals surface area contributed by atoms with Crippen LogP contribution >= 0.6 is 0 Å². The van der Waals surface area contributed by atoms with Crippen LogP contribution in [0.4, 0.5) is 0 Å². The summed E-state index contributed by atoms with van der Waals surface area (Å²) >= 11 is 0. The molecule has 3 N–H and O–H groups in total. The van der Waals surface area contributed by atoms with Crippen LogP contribution in [0.3, 0.4) is 0 Å². The van der Waals surface area contributed by atoms with Crippen molar-refractivity contribution in [1.29, 1.82) is 0 Å². The third-order valence-electron chi connectivity index (χ3n) is 5.81. The summed E-state index contributed by atoms with van der Waals surface area (Å²) in [5.74, 6) is 0.554. The lowest BCUT2D eigenvalue weighted by Crippen LogP contribution is -2.54. The van der Waals surface area contributed by atoms with Crippen LogP contribution in [0.5, 0.6) is 0 Å². The molecule has 0 radical (unpaired) electrons. The van der Waals surface area contributed by atoms with Gasteiger partial charge in [-0.05, 0) is 37.0 Å². The molecule has 124 valence electrons. The Hall–Kier alpha value is -0.610. The summed E-state index contributed by atoms with van der Waals surface area (Å²) in [4.78, 5) is 15.0. The number of carbonyl (C=O) groups excluding carboxylic acids is 1. The molecule has 1 amide bonds. The molecule has 1 fully saturated rings. The first-order valence-electron chi connectivity index (χ1n) is 8.48. The van der Waals surface area contributed by atoms with Gasteiger partial charge in [-0.25, -0.2) is 0 Å². The van der Waals surface area contributed by atoms with Crippen molar-refractivity contribution in [2.24, 2.45) is 23.0 Å². The van der Waals surface area contributed by atoms with E-state index in [4.69, 9.17) is 5.73 Å². The van der Waals surface area contributed by atoms with Gasteiger partial charge in [0.1, 0.15) is 0 Å². The van der Waals surface area contributed by atoms with Crippen LogP contribution in [-0.4, -0.2) is 41.1 Å². The minimum absolute atomic E-state index is 0.0134. The average molecular weight is 298 g/mol. The summed E-state index contributed by atoms with van der Waals surface area (Å²) in [5.41, 5.74) is 6.11. The van der Waals surface area contributed by atoms with E-state index >= 15 is 0 Å². The van der Waals surface area contributed by atoms with Crippen LogP contribution in [0.1, 0.15) is 60.3 Å². The molecule has 0 bridgehead atoms. The first kappa shape index (κ1) is 18.4. The predicted molar refractivity (Wildman–Crippen MR) is 86.8 cm³/mol. The lowest BCUT2D eigenvalue weighted by Gasteiger charge is -2.48. The normalized spacial score (nSPS) is 28.7. The van der Waals surface area contributed by atoms with Crippen LogP contribution in [0.15, 0.2) is 0 Å². The Morgan fingerprint density at radius 1 is 1.33 bits per heavy atom. The molecule has 0 aromatic rings. The number of nitrogens with zero attached hydrogens (tertiary/aromatic N) is 1. The molecule has 3 unspecified atom stereocenters. The summed E-state index contributed by atoms with van der Waals surface area (Å²) in [7, 11) is 0. The van der Waals surface area contributed by atoms with Crippen LogP contribution in [0.2, 0.25) is 0 Å². The molecule has 0 heterocycles. The average Bonchev–Trinajstić information content (AvgIpc) is 2.44. The second-order valence-corrected chi connectivity index (χ2v) is 7.13. The molecule has 0 aliphatic heterocycles. The monoisotopic (exact) mass is 298 g/mol. The smallest absolute Gasteiger partial charge is 0.226 e. The van der Waals surface area contributed by atoms with Gasteiger partial charge in [-0.15, -0.1) is 0 Å². The second kappa shape index (κ2) is 7.59. The highest BCUT2D eigenvalue weighted by atomic mass is 16.3. The number of carbonyl (C=O) groups is 1. The topological polar surface area (TPSA) is 66.6 Å². The molecule has 1 rings (SSSR count). The Morgan fingerprint density at radius 3 is 2.38 bits per heavy atom. The van der Waals surface area contributed by atoms with Crippen molar-refractivity contribution in [3.05, 3.63) is 0 Å². The fourth-order valence-corrected chi connectivity index (χ4v) is 3.80. The lowest BCUT2D eigenvalue weighted by atomic mass is 9.60.